The van der Waals surface area contributed by atoms with Crippen LogP contribution in [0.4, 0.5) is 0 Å². The monoisotopic (exact) mass is 288 g/mol. The number of carboxylic acids is 1. The summed E-state index contributed by atoms with van der Waals surface area (Å²) in [5, 5.41) is 8.45. The number of unbranched alkanes of at least 4 members (excludes halogenated alkanes) is 2. The largest absolute Gasteiger partial charge is 1.00 e. The third-order valence-corrected chi connectivity index (χ3v) is 2.23. The molecule has 90 valence electrons. The van der Waals surface area contributed by atoms with Crippen molar-refractivity contribution in [2.75, 3.05) is 0 Å². The van der Waals surface area contributed by atoms with Crippen molar-refractivity contribution in [3.8, 4) is 0 Å². The Hall–Kier alpha value is -1.10. The predicted octanol–water partition coefficient (Wildman–Crippen LogP) is -1.47. The van der Waals surface area contributed by atoms with Gasteiger partial charge >= 0.3 is 5.97 Å². The summed E-state index contributed by atoms with van der Waals surface area (Å²) in [5.41, 5.74) is 0. The van der Waals surface area contributed by atoms with Crippen molar-refractivity contribution in [1.82, 2.24) is 4.57 Å². The van der Waals surface area contributed by atoms with Gasteiger partial charge < -0.3 is 22.1 Å². The van der Waals surface area contributed by atoms with Crippen LogP contribution in [0.5, 0.6) is 0 Å². The molecule has 0 amide bonds. The van der Waals surface area contributed by atoms with E-state index < -0.39 is 5.97 Å². The normalized spacial score (nSPS) is 9.50. The highest BCUT2D eigenvalue weighted by Gasteiger charge is 2.01. The molecule has 0 saturated heterocycles. The average molecular weight is 289 g/mol. The number of aromatic nitrogens is 2. The van der Waals surface area contributed by atoms with Crippen molar-refractivity contribution in [2.24, 2.45) is 0 Å². The second kappa shape index (κ2) is 8.10. The van der Waals surface area contributed by atoms with E-state index in [4.69, 9.17) is 5.11 Å². The summed E-state index contributed by atoms with van der Waals surface area (Å²) in [6, 6.07) is 0. The Balaban J connectivity index is 0.00000225. The molecule has 0 radical (unpaired) electrons. The zero-order chi connectivity index (χ0) is 11.1. The van der Waals surface area contributed by atoms with E-state index in [1.165, 1.54) is 0 Å². The summed E-state index contributed by atoms with van der Waals surface area (Å²) in [7, 11) is 0. The average Bonchev–Trinajstić information content (AvgIpc) is 2.65. The van der Waals surface area contributed by atoms with Crippen LogP contribution in [0.3, 0.4) is 0 Å². The molecule has 0 aromatic carbocycles. The second-order valence-electron chi connectivity index (χ2n) is 3.49. The zero-order valence-corrected chi connectivity index (χ0v) is 10.8. The van der Waals surface area contributed by atoms with Crippen LogP contribution in [-0.4, -0.2) is 15.6 Å². The maximum atomic E-state index is 10.3. The van der Waals surface area contributed by atoms with Gasteiger partial charge in [-0.15, -0.1) is 0 Å². The van der Waals surface area contributed by atoms with E-state index in [1.807, 2.05) is 23.3 Å². The maximum Gasteiger partial charge on any atom is 0.303 e. The van der Waals surface area contributed by atoms with Crippen LogP contribution >= 0.6 is 0 Å². The fourth-order valence-corrected chi connectivity index (χ4v) is 1.40. The molecule has 5 heteroatoms. The van der Waals surface area contributed by atoms with E-state index in [2.05, 4.69) is 11.1 Å². The third kappa shape index (κ3) is 5.70. The Morgan fingerprint density at radius 1 is 1.44 bits per heavy atom. The molecule has 0 bridgehead atoms. The molecule has 1 aromatic rings. The minimum Gasteiger partial charge on any atom is -1.00 e. The Morgan fingerprint density at radius 3 is 2.75 bits per heavy atom. The Morgan fingerprint density at radius 2 is 2.19 bits per heavy atom. The van der Waals surface area contributed by atoms with Gasteiger partial charge in [-0.05, 0) is 19.3 Å². The summed E-state index contributed by atoms with van der Waals surface area (Å²) in [4.78, 5) is 10.3. The van der Waals surface area contributed by atoms with Crippen LogP contribution in [0.1, 0.15) is 25.7 Å². The highest BCUT2D eigenvalue weighted by Crippen LogP contribution is 1.99. The summed E-state index contributed by atoms with van der Waals surface area (Å²) in [6.45, 7) is 4.59. The molecule has 1 N–H and O–H groups in total. The molecule has 1 rings (SSSR count). The van der Waals surface area contributed by atoms with Gasteiger partial charge in [0, 0.05) is 6.42 Å². The fourth-order valence-electron chi connectivity index (χ4n) is 1.40. The second-order valence-corrected chi connectivity index (χ2v) is 3.49. The number of carboxylic acid groups (broad SMARTS) is 1. The topological polar surface area (TPSA) is 46.1 Å². The summed E-state index contributed by atoms with van der Waals surface area (Å²) in [6.07, 6.45) is 10.6. The van der Waals surface area contributed by atoms with Gasteiger partial charge in [0.05, 0.1) is 12.7 Å². The van der Waals surface area contributed by atoms with Crippen molar-refractivity contribution in [3.63, 3.8) is 0 Å². The molecule has 0 unspecified atom stereocenters. The van der Waals surface area contributed by atoms with Crippen LogP contribution < -0.4 is 21.5 Å². The van der Waals surface area contributed by atoms with Crippen molar-refractivity contribution in [3.05, 3.63) is 25.3 Å². The number of carbonyl (C=O) groups is 1. The van der Waals surface area contributed by atoms with Gasteiger partial charge in [-0.1, -0.05) is 6.58 Å². The molecule has 0 spiro atoms. The van der Waals surface area contributed by atoms with Crippen molar-refractivity contribution < 1.29 is 31.4 Å². The van der Waals surface area contributed by atoms with Crippen molar-refractivity contribution >= 4 is 12.2 Å². The van der Waals surface area contributed by atoms with Gasteiger partial charge in [0.25, 0.3) is 0 Å². The Kier molecular flexibility index (Phi) is 7.54. The number of rotatable bonds is 7. The van der Waals surface area contributed by atoms with Crippen LogP contribution in [0.2, 0.25) is 0 Å². The first-order valence-electron chi connectivity index (χ1n) is 5.13. The quantitative estimate of drug-likeness (QED) is 0.492. The van der Waals surface area contributed by atoms with Crippen molar-refractivity contribution in [1.29, 1.82) is 0 Å². The Bertz CT molecular complexity index is 336. The van der Waals surface area contributed by atoms with Crippen molar-refractivity contribution in [2.45, 2.75) is 32.2 Å². The molecule has 4 nitrogen and oxygen atoms in total. The molecule has 1 aromatic heterocycles. The van der Waals surface area contributed by atoms with Gasteiger partial charge in [-0.25, -0.2) is 9.13 Å². The molecular weight excluding hydrogens is 272 g/mol. The molecule has 1 heterocycles. The summed E-state index contributed by atoms with van der Waals surface area (Å²) < 4.78 is 3.96. The lowest BCUT2D eigenvalue weighted by Crippen LogP contribution is -3.00. The molecule has 0 aliphatic heterocycles. The van der Waals surface area contributed by atoms with Gasteiger partial charge in [0.1, 0.15) is 12.4 Å². The lowest BCUT2D eigenvalue weighted by atomic mass is 10.2. The first-order valence-corrected chi connectivity index (χ1v) is 5.13. The van der Waals surface area contributed by atoms with E-state index in [0.717, 1.165) is 25.8 Å². The number of hydrogen-bond acceptors (Lipinski definition) is 1. The first kappa shape index (κ1) is 14.9. The third-order valence-electron chi connectivity index (χ3n) is 2.23. The first-order chi connectivity index (χ1) is 7.22. The highest BCUT2D eigenvalue weighted by molar-refractivity contribution is 5.66. The number of aliphatic carboxylic acids is 1. The van der Waals surface area contributed by atoms with Gasteiger partial charge in [0.15, 0.2) is 0 Å². The summed E-state index contributed by atoms with van der Waals surface area (Å²) >= 11 is 0. The van der Waals surface area contributed by atoms with E-state index in [1.54, 1.807) is 6.20 Å². The number of aryl methyl sites for hydroxylation is 1. The fraction of sp³-hybridized carbons (Fsp3) is 0.455. The van der Waals surface area contributed by atoms with E-state index in [0.29, 0.717) is 0 Å². The van der Waals surface area contributed by atoms with E-state index in [-0.39, 0.29) is 23.4 Å². The minimum atomic E-state index is -0.708. The lowest BCUT2D eigenvalue weighted by Gasteiger charge is -1.96. The Labute approximate surface area is 106 Å². The van der Waals surface area contributed by atoms with E-state index >= 15 is 0 Å². The molecule has 0 fully saturated rings. The minimum absolute atomic E-state index is 0. The van der Waals surface area contributed by atoms with Gasteiger partial charge in [0.2, 0.25) is 6.33 Å². The lowest BCUT2D eigenvalue weighted by molar-refractivity contribution is -0.696. The van der Waals surface area contributed by atoms with E-state index in [9.17, 15) is 4.79 Å². The maximum absolute atomic E-state index is 10.3. The number of hydrogen-bond donors (Lipinski definition) is 1. The highest BCUT2D eigenvalue weighted by atomic mass is 79.9. The number of halogens is 1. The van der Waals surface area contributed by atoms with Gasteiger partial charge in [-0.3, -0.25) is 4.79 Å². The molecular formula is C11H17BrN2O2. The molecule has 0 aliphatic carbocycles. The standard InChI is InChI=1S/C11H16N2O2.BrH/c1-2-12-8-9-13(10-12)7-5-3-4-6-11(14)15;/h2,8-10H,1,3-7H2;1H. The smallest absolute Gasteiger partial charge is 0.303 e. The number of imidazole rings is 1. The molecule has 0 atom stereocenters. The van der Waals surface area contributed by atoms with Crippen LogP contribution in [0.15, 0.2) is 25.3 Å². The molecule has 0 aliphatic rings. The predicted molar refractivity (Wildman–Crippen MR) is 57.1 cm³/mol. The van der Waals surface area contributed by atoms with Gasteiger partial charge in [-0.2, -0.15) is 0 Å². The molecule has 0 saturated carbocycles. The molecule has 16 heavy (non-hydrogen) atoms. The summed E-state index contributed by atoms with van der Waals surface area (Å²) in [5.74, 6) is -0.708. The van der Waals surface area contributed by atoms with Crippen LogP contribution in [-0.2, 0) is 11.3 Å². The zero-order valence-electron chi connectivity index (χ0n) is 9.18. The number of nitrogens with zero attached hydrogens (tertiary/aromatic N) is 2. The van der Waals surface area contributed by atoms with Crippen LogP contribution in [0, 0.1) is 0 Å². The van der Waals surface area contributed by atoms with Crippen LogP contribution in [0.25, 0.3) is 6.20 Å². The SMILES string of the molecule is C=Cn1cc[n+](CCCCCC(=O)O)c1.[Br-].